The molecule has 2 aromatic rings. The van der Waals surface area contributed by atoms with Crippen molar-refractivity contribution in [1.82, 2.24) is 9.97 Å². The normalized spacial score (nSPS) is 16.6. The van der Waals surface area contributed by atoms with Crippen LogP contribution in [0, 0.1) is 12.8 Å². The minimum atomic E-state index is 0.221. The van der Waals surface area contributed by atoms with Crippen molar-refractivity contribution in [3.63, 3.8) is 0 Å². The van der Waals surface area contributed by atoms with E-state index in [9.17, 15) is 0 Å². The van der Waals surface area contributed by atoms with Gasteiger partial charge in [0, 0.05) is 28.8 Å². The highest BCUT2D eigenvalue weighted by molar-refractivity contribution is 6.28. The molecule has 0 fully saturated rings. The molecule has 0 aliphatic heterocycles. The first kappa shape index (κ1) is 17.3. The van der Waals surface area contributed by atoms with Crippen LogP contribution in [0.3, 0.4) is 0 Å². The lowest BCUT2D eigenvalue weighted by Crippen LogP contribution is -2.07. The Morgan fingerprint density at radius 1 is 1.32 bits per heavy atom. The molecule has 1 aliphatic carbocycles. The van der Waals surface area contributed by atoms with Gasteiger partial charge in [-0.05, 0) is 73.5 Å². The van der Waals surface area contributed by atoms with Gasteiger partial charge in [0.05, 0.1) is 0 Å². The van der Waals surface area contributed by atoms with Gasteiger partial charge in [-0.3, -0.25) is 0 Å². The molecule has 1 aliphatic rings. The molecule has 130 valence electrons. The van der Waals surface area contributed by atoms with Crippen LogP contribution >= 0.6 is 11.6 Å². The van der Waals surface area contributed by atoms with Gasteiger partial charge in [-0.1, -0.05) is 12.2 Å². The predicted octanol–water partition coefficient (Wildman–Crippen LogP) is 4.12. The summed E-state index contributed by atoms with van der Waals surface area (Å²) in [6, 6.07) is 5.92. The van der Waals surface area contributed by atoms with Crippen molar-refractivity contribution in [3.8, 4) is 0 Å². The highest BCUT2D eigenvalue weighted by Gasteiger charge is 2.11. The molecule has 3 rings (SSSR count). The van der Waals surface area contributed by atoms with Crippen LogP contribution in [0.15, 0.2) is 48.3 Å². The van der Waals surface area contributed by atoms with Crippen molar-refractivity contribution in [1.29, 1.82) is 0 Å². The zero-order valence-electron chi connectivity index (χ0n) is 14.2. The second-order valence-electron chi connectivity index (χ2n) is 6.31. The van der Waals surface area contributed by atoms with Crippen LogP contribution in [-0.4, -0.2) is 9.97 Å². The maximum absolute atomic E-state index is 6.15. The average Bonchev–Trinajstić information content (AvgIpc) is 2.58. The van der Waals surface area contributed by atoms with E-state index < -0.39 is 0 Å². The molecule has 1 heterocycles. The summed E-state index contributed by atoms with van der Waals surface area (Å²) in [5.74, 6) is 1.16. The van der Waals surface area contributed by atoms with Gasteiger partial charge in [0.15, 0.2) is 0 Å². The molecule has 25 heavy (non-hydrogen) atoms. The number of aryl methyl sites for hydroxylation is 2. The second-order valence-corrected chi connectivity index (χ2v) is 6.65. The Morgan fingerprint density at radius 3 is 2.96 bits per heavy atom. The summed E-state index contributed by atoms with van der Waals surface area (Å²) in [5, 5.41) is 3.51. The maximum atomic E-state index is 6.15. The Labute approximate surface area is 152 Å². The van der Waals surface area contributed by atoms with E-state index in [-0.39, 0.29) is 5.28 Å². The van der Waals surface area contributed by atoms with E-state index in [4.69, 9.17) is 23.1 Å². The molecule has 0 saturated heterocycles. The van der Waals surface area contributed by atoms with Crippen molar-refractivity contribution in [2.24, 2.45) is 11.7 Å². The Morgan fingerprint density at radius 2 is 2.16 bits per heavy atom. The van der Waals surface area contributed by atoms with Crippen molar-refractivity contribution < 1.29 is 0 Å². The zero-order valence-corrected chi connectivity index (χ0v) is 14.9. The second kappa shape index (κ2) is 7.57. The van der Waals surface area contributed by atoms with Crippen molar-refractivity contribution in [2.75, 3.05) is 11.1 Å². The Hall–Kier alpha value is -2.53. The molecule has 5 N–H and O–H groups in total. The monoisotopic (exact) mass is 355 g/mol. The third kappa shape index (κ3) is 4.51. The summed E-state index contributed by atoms with van der Waals surface area (Å²) in [4.78, 5) is 8.20. The van der Waals surface area contributed by atoms with Crippen molar-refractivity contribution >= 4 is 28.8 Å². The van der Waals surface area contributed by atoms with Crippen LogP contribution in [0.25, 0.3) is 0 Å². The molecule has 0 bridgehead atoms. The molecule has 1 unspecified atom stereocenters. The third-order valence-electron chi connectivity index (χ3n) is 4.31. The van der Waals surface area contributed by atoms with Crippen LogP contribution in [-0.2, 0) is 6.42 Å². The van der Waals surface area contributed by atoms with E-state index in [0.717, 1.165) is 47.5 Å². The van der Waals surface area contributed by atoms with Gasteiger partial charge in [-0.2, -0.15) is 0 Å². The predicted molar refractivity (Wildman–Crippen MR) is 104 cm³/mol. The van der Waals surface area contributed by atoms with Gasteiger partial charge in [-0.25, -0.2) is 9.97 Å². The minimum absolute atomic E-state index is 0.221. The van der Waals surface area contributed by atoms with Crippen LogP contribution in [0.1, 0.15) is 24.0 Å². The number of halogens is 1. The highest BCUT2D eigenvalue weighted by Crippen LogP contribution is 2.26. The Balaban J connectivity index is 1.72. The zero-order chi connectivity index (χ0) is 17.8. The summed E-state index contributed by atoms with van der Waals surface area (Å²) in [6.07, 6.45) is 10.8. The fourth-order valence-corrected chi connectivity index (χ4v) is 3.03. The fraction of sp³-hybridized carbons (Fsp3) is 0.263. The highest BCUT2D eigenvalue weighted by atomic mass is 35.5. The molecule has 1 atom stereocenters. The van der Waals surface area contributed by atoms with E-state index in [1.165, 1.54) is 0 Å². The van der Waals surface area contributed by atoms with Gasteiger partial charge >= 0.3 is 0 Å². The number of aromatic nitrogens is 2. The van der Waals surface area contributed by atoms with E-state index in [1.807, 2.05) is 25.1 Å². The molecule has 0 saturated carbocycles. The number of nitrogens with one attached hydrogen (secondary N) is 1. The first-order chi connectivity index (χ1) is 12.0. The topological polar surface area (TPSA) is 89.8 Å². The van der Waals surface area contributed by atoms with Crippen molar-refractivity contribution in [2.45, 2.75) is 26.2 Å². The molecule has 1 aromatic carbocycles. The number of hydrogen-bond donors (Lipinski definition) is 3. The Kier molecular flexibility index (Phi) is 5.24. The maximum Gasteiger partial charge on any atom is 0.224 e. The molecular formula is C19H22ClN5. The number of nitrogen functional groups attached to an aromatic ring is 1. The molecule has 0 spiro atoms. The lowest BCUT2D eigenvalue weighted by atomic mass is 9.92. The number of nitrogens with zero attached hydrogens (tertiary/aromatic N) is 2. The molecule has 5 nitrogen and oxygen atoms in total. The SMILES string of the molecule is Cc1cnc(Cl)nc1Nc1ccc(N)c(CCC2C=C(N)C=CC2)c1. The minimum Gasteiger partial charge on any atom is -0.399 e. The first-order valence-electron chi connectivity index (χ1n) is 8.29. The number of nitrogens with two attached hydrogens (primary N) is 2. The molecule has 0 radical (unpaired) electrons. The van der Waals surface area contributed by atoms with Crippen LogP contribution in [0.4, 0.5) is 17.2 Å². The number of allylic oxidation sites excluding steroid dienone is 3. The van der Waals surface area contributed by atoms with Crippen molar-refractivity contribution in [3.05, 3.63) is 64.7 Å². The number of anilines is 3. The van der Waals surface area contributed by atoms with E-state index in [0.29, 0.717) is 11.7 Å². The van der Waals surface area contributed by atoms with E-state index >= 15 is 0 Å². The van der Waals surface area contributed by atoms with Gasteiger partial charge < -0.3 is 16.8 Å². The summed E-state index contributed by atoms with van der Waals surface area (Å²) < 4.78 is 0. The quantitative estimate of drug-likeness (QED) is 0.554. The standard InChI is InChI=1S/C19H22ClN5/c1-12-11-23-19(20)25-18(12)24-16-7-8-17(22)14(10-16)6-5-13-3-2-4-15(21)9-13/h2,4,7-11,13H,3,5-6,21-22H2,1H3,(H,23,24,25). The third-order valence-corrected chi connectivity index (χ3v) is 4.49. The Bertz CT molecular complexity index is 829. The van der Waals surface area contributed by atoms with Gasteiger partial charge in [0.2, 0.25) is 5.28 Å². The summed E-state index contributed by atoms with van der Waals surface area (Å²) in [7, 11) is 0. The molecular weight excluding hydrogens is 334 g/mol. The van der Waals surface area contributed by atoms with Gasteiger partial charge in [-0.15, -0.1) is 0 Å². The molecule has 6 heteroatoms. The van der Waals surface area contributed by atoms with Crippen LogP contribution in [0.2, 0.25) is 5.28 Å². The number of hydrogen-bond acceptors (Lipinski definition) is 5. The molecule has 1 aromatic heterocycles. The number of rotatable bonds is 5. The average molecular weight is 356 g/mol. The summed E-state index contributed by atoms with van der Waals surface area (Å²) in [6.45, 7) is 1.93. The lowest BCUT2D eigenvalue weighted by Gasteiger charge is -2.16. The van der Waals surface area contributed by atoms with E-state index in [2.05, 4.69) is 33.5 Å². The van der Waals surface area contributed by atoms with Gasteiger partial charge in [0.25, 0.3) is 0 Å². The largest absolute Gasteiger partial charge is 0.399 e. The summed E-state index contributed by atoms with van der Waals surface area (Å²) in [5.41, 5.74) is 16.6. The molecule has 0 amide bonds. The van der Waals surface area contributed by atoms with Gasteiger partial charge in [0.1, 0.15) is 5.82 Å². The lowest BCUT2D eigenvalue weighted by molar-refractivity contribution is 0.590. The van der Waals surface area contributed by atoms with E-state index in [1.54, 1.807) is 6.20 Å². The van der Waals surface area contributed by atoms with Crippen LogP contribution < -0.4 is 16.8 Å². The number of benzene rings is 1. The summed E-state index contributed by atoms with van der Waals surface area (Å²) >= 11 is 5.88. The smallest absolute Gasteiger partial charge is 0.224 e. The fourth-order valence-electron chi connectivity index (χ4n) is 2.90. The first-order valence-corrected chi connectivity index (χ1v) is 8.67. The van der Waals surface area contributed by atoms with Crippen LogP contribution in [0.5, 0.6) is 0 Å².